The zero-order chi connectivity index (χ0) is 38.9. The van der Waals surface area contributed by atoms with Gasteiger partial charge in [0.2, 0.25) is 35.4 Å². The van der Waals surface area contributed by atoms with Crippen LogP contribution >= 0.6 is 0 Å². The highest BCUT2D eigenvalue weighted by atomic mass is 16.4. The summed E-state index contributed by atoms with van der Waals surface area (Å²) in [7, 11) is 0. The number of rotatable bonds is 8. The van der Waals surface area contributed by atoms with Gasteiger partial charge in [-0.15, -0.1) is 0 Å². The minimum atomic E-state index is -1.72. The van der Waals surface area contributed by atoms with E-state index in [1.54, 1.807) is 51.7 Å². The van der Waals surface area contributed by atoms with Crippen molar-refractivity contribution in [3.63, 3.8) is 0 Å². The molecule has 0 spiro atoms. The van der Waals surface area contributed by atoms with Gasteiger partial charge in [-0.05, 0) is 77.1 Å². The molecule has 0 bridgehead atoms. The second-order valence-corrected chi connectivity index (χ2v) is 14.9. The predicted octanol–water partition coefficient (Wildman–Crippen LogP) is -1.35. The maximum Gasteiger partial charge on any atom is 0.305 e. The standard InChI is InChI=1S/C35H53N7O10/c1-18(2)14-22-29(47)38-24(16-27(45)46)31(49)40-28(19(3)43)34(52)36-17-26(33(51)41-35(4,5)6)42-13-7-8-25(42)32(50)39-23(30(48)37-22)15-20-9-11-21(44)12-10-20/h9-12,18-19,22-26,28,43-44H,7-8,13-17H2,1-6H3,(H,36,52)(H,37,48)(H,38,47)(H,39,50)(H,40,49)(H,41,51)(H,45,46)/t19-,22+,23+,24+,25+,26+,28+/m1/s1. The molecular formula is C35H53N7O10. The number of aliphatic hydroxyl groups excluding tert-OH is 1. The lowest BCUT2D eigenvalue weighted by atomic mass is 10.00. The van der Waals surface area contributed by atoms with E-state index in [4.69, 9.17) is 0 Å². The Morgan fingerprint density at radius 1 is 0.865 bits per heavy atom. The fourth-order valence-electron chi connectivity index (χ4n) is 6.20. The fraction of sp³-hybridized carbons (Fsp3) is 0.629. The van der Waals surface area contributed by atoms with Gasteiger partial charge in [0.25, 0.3) is 0 Å². The third-order valence-corrected chi connectivity index (χ3v) is 8.69. The number of amides is 6. The summed E-state index contributed by atoms with van der Waals surface area (Å²) in [6.07, 6.45) is -1.52. The molecule has 2 heterocycles. The van der Waals surface area contributed by atoms with Gasteiger partial charge < -0.3 is 47.2 Å². The van der Waals surface area contributed by atoms with Crippen LogP contribution in [0, 0.1) is 5.92 Å². The lowest BCUT2D eigenvalue weighted by molar-refractivity contribution is -0.142. The number of phenolic OH excluding ortho intramolecular Hbond substituents is 1. The number of nitrogens with one attached hydrogen (secondary N) is 6. The quantitative estimate of drug-likeness (QED) is 0.151. The van der Waals surface area contributed by atoms with Crippen molar-refractivity contribution >= 4 is 41.4 Å². The average Bonchev–Trinajstić information content (AvgIpc) is 3.51. The number of aromatic hydroxyl groups is 1. The van der Waals surface area contributed by atoms with Crippen molar-refractivity contribution in [3.8, 4) is 5.75 Å². The number of carboxylic acids is 1. The minimum Gasteiger partial charge on any atom is -0.508 e. The highest BCUT2D eigenvalue weighted by molar-refractivity contribution is 5.97. The highest BCUT2D eigenvalue weighted by Crippen LogP contribution is 2.22. The Morgan fingerprint density at radius 2 is 1.44 bits per heavy atom. The van der Waals surface area contributed by atoms with E-state index in [0.717, 1.165) is 0 Å². The normalized spacial score (nSPS) is 26.4. The number of aliphatic carboxylic acids is 1. The van der Waals surface area contributed by atoms with Gasteiger partial charge in [0.15, 0.2) is 0 Å². The van der Waals surface area contributed by atoms with Crippen LogP contribution in [0.25, 0.3) is 0 Å². The Hall–Kier alpha value is -4.77. The first-order valence-corrected chi connectivity index (χ1v) is 17.5. The smallest absolute Gasteiger partial charge is 0.305 e. The summed E-state index contributed by atoms with van der Waals surface area (Å²) in [5.74, 6) is -6.29. The number of nitrogens with zero attached hydrogens (tertiary/aromatic N) is 1. The van der Waals surface area contributed by atoms with Gasteiger partial charge in [-0.2, -0.15) is 0 Å². The van der Waals surface area contributed by atoms with E-state index in [1.165, 1.54) is 19.1 Å². The monoisotopic (exact) mass is 731 g/mol. The van der Waals surface area contributed by atoms with E-state index < -0.39 is 95.7 Å². The van der Waals surface area contributed by atoms with Crippen LogP contribution in [0.15, 0.2) is 24.3 Å². The molecule has 1 aromatic rings. The largest absolute Gasteiger partial charge is 0.508 e. The van der Waals surface area contributed by atoms with Gasteiger partial charge in [-0.1, -0.05) is 26.0 Å². The number of fused-ring (bicyclic) bond motifs is 1. The van der Waals surface area contributed by atoms with E-state index in [2.05, 4.69) is 31.9 Å². The molecule has 0 aliphatic carbocycles. The van der Waals surface area contributed by atoms with Gasteiger partial charge in [0, 0.05) is 18.5 Å². The molecule has 7 atom stereocenters. The lowest BCUT2D eigenvalue weighted by Gasteiger charge is -2.35. The van der Waals surface area contributed by atoms with E-state index in [9.17, 15) is 48.9 Å². The third kappa shape index (κ3) is 12.2. The summed E-state index contributed by atoms with van der Waals surface area (Å²) < 4.78 is 0. The Kier molecular flexibility index (Phi) is 14.5. The zero-order valence-electron chi connectivity index (χ0n) is 30.5. The second-order valence-electron chi connectivity index (χ2n) is 14.9. The predicted molar refractivity (Wildman–Crippen MR) is 187 cm³/mol. The number of benzene rings is 1. The highest BCUT2D eigenvalue weighted by Gasteiger charge is 2.42. The summed E-state index contributed by atoms with van der Waals surface area (Å²) in [5.41, 5.74) is -0.117. The SMILES string of the molecule is CC(C)C[C@@H]1NC(=O)[C@H](Cc2ccc(O)cc2)NC(=O)[C@@H]2CCCN2[C@H](C(=O)NC(C)(C)C)CNC(=O)[C@H]([C@@H](C)O)NC(=O)[C@H](CC(=O)O)NC1=O. The molecule has 0 radical (unpaired) electrons. The Labute approximate surface area is 303 Å². The molecule has 2 fully saturated rings. The summed E-state index contributed by atoms with van der Waals surface area (Å²) in [4.78, 5) is 95.7. The molecule has 2 aliphatic rings. The molecule has 17 heteroatoms. The van der Waals surface area contributed by atoms with Gasteiger partial charge >= 0.3 is 5.97 Å². The average molecular weight is 732 g/mol. The molecule has 288 valence electrons. The molecule has 2 aliphatic heterocycles. The fourth-order valence-corrected chi connectivity index (χ4v) is 6.20. The Morgan fingerprint density at radius 3 is 2.02 bits per heavy atom. The summed E-state index contributed by atoms with van der Waals surface area (Å²) in [6.45, 7) is 10.1. The molecule has 17 nitrogen and oxygen atoms in total. The van der Waals surface area contributed by atoms with Crippen LogP contribution in [0.1, 0.15) is 72.8 Å². The van der Waals surface area contributed by atoms with E-state index in [1.807, 2.05) is 0 Å². The first-order chi connectivity index (χ1) is 24.2. The number of aliphatic hydroxyl groups is 1. The maximum absolute atomic E-state index is 14.0. The lowest BCUT2D eigenvalue weighted by Crippen LogP contribution is -2.63. The molecule has 2 saturated heterocycles. The van der Waals surface area contributed by atoms with Crippen LogP contribution in [0.3, 0.4) is 0 Å². The number of hydrogen-bond donors (Lipinski definition) is 9. The molecule has 0 saturated carbocycles. The van der Waals surface area contributed by atoms with Crippen LogP contribution in [0.2, 0.25) is 0 Å². The first kappa shape index (κ1) is 41.6. The van der Waals surface area contributed by atoms with Crippen LogP contribution in [0.5, 0.6) is 5.75 Å². The maximum atomic E-state index is 14.0. The van der Waals surface area contributed by atoms with Gasteiger partial charge in [-0.3, -0.25) is 38.5 Å². The van der Waals surface area contributed by atoms with E-state index in [0.29, 0.717) is 18.4 Å². The van der Waals surface area contributed by atoms with Crippen LogP contribution in [0.4, 0.5) is 0 Å². The Balaban J connectivity index is 2.12. The number of carbonyl (C=O) groups is 7. The Bertz CT molecular complexity index is 1480. The van der Waals surface area contributed by atoms with Crippen molar-refractivity contribution in [2.75, 3.05) is 13.1 Å². The summed E-state index contributed by atoms with van der Waals surface area (Å²) in [6, 6.07) is -1.85. The molecule has 9 N–H and O–H groups in total. The second kappa shape index (κ2) is 18.1. The van der Waals surface area contributed by atoms with Crippen molar-refractivity contribution < 1.29 is 48.9 Å². The molecule has 6 amide bonds. The number of carbonyl (C=O) groups excluding carboxylic acids is 6. The van der Waals surface area contributed by atoms with Crippen molar-refractivity contribution in [1.29, 1.82) is 0 Å². The topological polar surface area (TPSA) is 256 Å². The van der Waals surface area contributed by atoms with Crippen LogP contribution < -0.4 is 31.9 Å². The minimum absolute atomic E-state index is 0.0106. The van der Waals surface area contributed by atoms with Crippen molar-refractivity contribution in [3.05, 3.63) is 29.8 Å². The van der Waals surface area contributed by atoms with Gasteiger partial charge in [0.05, 0.1) is 18.6 Å². The van der Waals surface area contributed by atoms with Crippen molar-refractivity contribution in [2.45, 2.75) is 122 Å². The van der Waals surface area contributed by atoms with Gasteiger partial charge in [-0.25, -0.2) is 0 Å². The summed E-state index contributed by atoms with van der Waals surface area (Å²) >= 11 is 0. The van der Waals surface area contributed by atoms with E-state index in [-0.39, 0.29) is 37.6 Å². The third-order valence-electron chi connectivity index (χ3n) is 8.69. The molecule has 1 aromatic carbocycles. The molecule has 3 rings (SSSR count). The van der Waals surface area contributed by atoms with Crippen LogP contribution in [-0.4, -0.2) is 123 Å². The molecule has 0 unspecified atom stereocenters. The van der Waals surface area contributed by atoms with Crippen LogP contribution in [-0.2, 0) is 40.0 Å². The molecular weight excluding hydrogens is 678 g/mol. The van der Waals surface area contributed by atoms with Gasteiger partial charge in [0.1, 0.15) is 36.0 Å². The van der Waals surface area contributed by atoms with Crippen molar-refractivity contribution in [2.24, 2.45) is 5.92 Å². The van der Waals surface area contributed by atoms with Crippen molar-refractivity contribution in [1.82, 2.24) is 36.8 Å². The number of hydrogen-bond acceptors (Lipinski definition) is 10. The first-order valence-electron chi connectivity index (χ1n) is 17.5. The summed E-state index contributed by atoms with van der Waals surface area (Å²) in [5, 5.41) is 45.5. The number of phenols is 1. The molecule has 0 aromatic heterocycles. The van der Waals surface area contributed by atoms with E-state index >= 15 is 0 Å². The molecule has 52 heavy (non-hydrogen) atoms. The zero-order valence-corrected chi connectivity index (χ0v) is 30.5. The number of carboxylic acid groups (broad SMARTS) is 1.